The molecule has 8 heteroatoms. The van der Waals surface area contributed by atoms with Gasteiger partial charge in [-0.1, -0.05) is 0 Å². The molecule has 0 radical (unpaired) electrons. The Morgan fingerprint density at radius 3 is 2.30 bits per heavy atom. The first kappa shape index (κ1) is 21.4. The molecule has 1 aromatic heterocycles. The quantitative estimate of drug-likeness (QED) is 0.642. The second-order valence-electron chi connectivity index (χ2n) is 7.09. The predicted octanol–water partition coefficient (Wildman–Crippen LogP) is 2.94. The van der Waals surface area contributed by atoms with Crippen LogP contribution in [0, 0.1) is 6.92 Å². The summed E-state index contributed by atoms with van der Waals surface area (Å²) >= 11 is 0. The van der Waals surface area contributed by atoms with Gasteiger partial charge in [0.25, 0.3) is 5.91 Å². The van der Waals surface area contributed by atoms with Crippen molar-refractivity contribution in [1.82, 2.24) is 4.90 Å². The number of carbonyl (C=O) groups is 3. The van der Waals surface area contributed by atoms with Gasteiger partial charge in [-0.25, -0.2) is 0 Å². The topological polar surface area (TPSA) is 95.3 Å². The maximum absolute atomic E-state index is 13.3. The summed E-state index contributed by atoms with van der Waals surface area (Å²) < 4.78 is 21.1. The minimum Gasteiger partial charge on any atom is -0.497 e. The van der Waals surface area contributed by atoms with Crippen LogP contribution in [0.5, 0.6) is 11.5 Å². The number of amides is 1. The fourth-order valence-corrected chi connectivity index (χ4v) is 3.59. The van der Waals surface area contributed by atoms with Gasteiger partial charge in [-0.05, 0) is 31.0 Å². The molecule has 2 aromatic rings. The molecule has 0 aliphatic heterocycles. The van der Waals surface area contributed by atoms with Gasteiger partial charge < -0.3 is 23.5 Å². The summed E-state index contributed by atoms with van der Waals surface area (Å²) in [6.45, 7) is 1.53. The predicted molar refractivity (Wildman–Crippen MR) is 107 cm³/mol. The number of esters is 1. The molecule has 0 unspecified atom stereocenters. The Morgan fingerprint density at radius 2 is 1.73 bits per heavy atom. The van der Waals surface area contributed by atoms with Gasteiger partial charge in [0.05, 0.1) is 26.9 Å². The highest BCUT2D eigenvalue weighted by Gasteiger charge is 2.31. The highest BCUT2D eigenvalue weighted by molar-refractivity contribution is 6.03. The van der Waals surface area contributed by atoms with Gasteiger partial charge in [0, 0.05) is 31.0 Å². The summed E-state index contributed by atoms with van der Waals surface area (Å²) in [4.78, 5) is 38.9. The molecule has 3 rings (SSSR count). The van der Waals surface area contributed by atoms with Gasteiger partial charge in [0.2, 0.25) is 0 Å². The molecule has 1 heterocycles. The van der Waals surface area contributed by atoms with Crippen LogP contribution in [-0.4, -0.2) is 50.4 Å². The van der Waals surface area contributed by atoms with Crippen molar-refractivity contribution in [2.75, 3.05) is 27.9 Å². The third kappa shape index (κ3) is 4.32. The van der Waals surface area contributed by atoms with Crippen LogP contribution >= 0.6 is 0 Å². The first-order valence-corrected chi connectivity index (χ1v) is 9.61. The van der Waals surface area contributed by atoms with Gasteiger partial charge in [-0.15, -0.1) is 0 Å². The number of fused-ring (bicyclic) bond motifs is 1. The zero-order valence-corrected chi connectivity index (χ0v) is 17.6. The minimum atomic E-state index is -0.566. The Balaban J connectivity index is 1.96. The lowest BCUT2D eigenvalue weighted by atomic mass is 9.94. The van der Waals surface area contributed by atoms with Gasteiger partial charge >= 0.3 is 5.97 Å². The third-order valence-electron chi connectivity index (χ3n) is 5.12. The number of nitrogens with zero attached hydrogens (tertiary/aromatic N) is 1. The number of benzene rings is 1. The molecule has 30 heavy (non-hydrogen) atoms. The number of ether oxygens (including phenoxy) is 3. The number of methoxy groups -OCH3 is 3. The van der Waals surface area contributed by atoms with E-state index in [1.54, 1.807) is 25.1 Å². The fraction of sp³-hybridized carbons (Fsp3) is 0.409. The van der Waals surface area contributed by atoms with Gasteiger partial charge in [0.15, 0.2) is 11.5 Å². The smallest absolute Gasteiger partial charge is 0.325 e. The lowest BCUT2D eigenvalue weighted by Crippen LogP contribution is -2.36. The average Bonchev–Trinajstić information content (AvgIpc) is 3.09. The van der Waals surface area contributed by atoms with E-state index in [4.69, 9.17) is 18.6 Å². The van der Waals surface area contributed by atoms with Crippen LogP contribution in [0.25, 0.3) is 0 Å². The molecule has 0 saturated carbocycles. The van der Waals surface area contributed by atoms with E-state index >= 15 is 0 Å². The van der Waals surface area contributed by atoms with E-state index in [9.17, 15) is 14.4 Å². The number of hydrogen-bond acceptors (Lipinski definition) is 7. The highest BCUT2D eigenvalue weighted by Crippen LogP contribution is 2.31. The van der Waals surface area contributed by atoms with Crippen LogP contribution in [0.3, 0.4) is 0 Å². The van der Waals surface area contributed by atoms with E-state index < -0.39 is 11.9 Å². The normalized spacial score (nSPS) is 12.9. The third-order valence-corrected chi connectivity index (χ3v) is 5.12. The van der Waals surface area contributed by atoms with Crippen LogP contribution in [0.15, 0.2) is 22.6 Å². The number of aryl methyl sites for hydroxylation is 1. The van der Waals surface area contributed by atoms with Crippen LogP contribution < -0.4 is 9.47 Å². The Labute approximate surface area is 174 Å². The monoisotopic (exact) mass is 415 g/mol. The Hall–Kier alpha value is -3.29. The standard InChI is InChI=1S/C22H25NO7/c1-13-20-17(24)6-5-7-18(20)30-21(13)22(26)23(12-19(25)29-4)11-14-8-15(27-2)10-16(9-14)28-3/h8-10H,5-7,11-12H2,1-4H3. The Morgan fingerprint density at radius 1 is 1.07 bits per heavy atom. The molecule has 0 spiro atoms. The van der Waals surface area contributed by atoms with E-state index in [0.29, 0.717) is 53.2 Å². The average molecular weight is 415 g/mol. The number of hydrogen-bond donors (Lipinski definition) is 0. The molecule has 0 bridgehead atoms. The van der Waals surface area contributed by atoms with Crippen LogP contribution in [0.4, 0.5) is 0 Å². The highest BCUT2D eigenvalue weighted by atomic mass is 16.5. The minimum absolute atomic E-state index is 0.0198. The van der Waals surface area contributed by atoms with Gasteiger partial charge in [0.1, 0.15) is 23.8 Å². The maximum atomic E-state index is 13.3. The van der Waals surface area contributed by atoms with E-state index in [-0.39, 0.29) is 24.6 Å². The van der Waals surface area contributed by atoms with E-state index in [1.165, 1.54) is 26.2 Å². The van der Waals surface area contributed by atoms with Crippen molar-refractivity contribution < 1.29 is 33.0 Å². The zero-order valence-electron chi connectivity index (χ0n) is 17.6. The van der Waals surface area contributed by atoms with Crippen molar-refractivity contribution in [3.05, 3.63) is 46.4 Å². The summed E-state index contributed by atoms with van der Waals surface area (Å²) in [6.07, 6.45) is 1.75. The molecule has 0 saturated heterocycles. The Kier molecular flexibility index (Phi) is 6.44. The fourth-order valence-electron chi connectivity index (χ4n) is 3.59. The lowest BCUT2D eigenvalue weighted by Gasteiger charge is -2.21. The molecular weight excluding hydrogens is 390 g/mol. The molecule has 0 atom stereocenters. The lowest BCUT2D eigenvalue weighted by molar-refractivity contribution is -0.141. The van der Waals surface area contributed by atoms with Crippen molar-refractivity contribution in [3.8, 4) is 11.5 Å². The molecule has 160 valence electrons. The first-order chi connectivity index (χ1) is 14.4. The van der Waals surface area contributed by atoms with Gasteiger partial charge in [-0.3, -0.25) is 14.4 Å². The summed E-state index contributed by atoms with van der Waals surface area (Å²) in [5, 5.41) is 0. The summed E-state index contributed by atoms with van der Waals surface area (Å²) in [6, 6.07) is 5.22. The number of furan rings is 1. The van der Waals surface area contributed by atoms with E-state index in [1.807, 2.05) is 0 Å². The molecule has 1 aromatic carbocycles. The number of ketones is 1. The molecule has 0 N–H and O–H groups in total. The molecule has 1 aliphatic carbocycles. The van der Waals surface area contributed by atoms with E-state index in [0.717, 1.165) is 0 Å². The number of carbonyl (C=O) groups excluding carboxylic acids is 3. The van der Waals surface area contributed by atoms with Crippen molar-refractivity contribution in [3.63, 3.8) is 0 Å². The summed E-state index contributed by atoms with van der Waals surface area (Å²) in [5.74, 6) is 0.663. The molecular formula is C22H25NO7. The molecule has 1 aliphatic rings. The van der Waals surface area contributed by atoms with Crippen molar-refractivity contribution in [2.45, 2.75) is 32.7 Å². The number of rotatable bonds is 7. The molecule has 0 fully saturated rings. The van der Waals surface area contributed by atoms with Crippen molar-refractivity contribution in [1.29, 1.82) is 0 Å². The second kappa shape index (κ2) is 9.02. The first-order valence-electron chi connectivity index (χ1n) is 9.61. The molecule has 8 nitrogen and oxygen atoms in total. The van der Waals surface area contributed by atoms with Crippen molar-refractivity contribution >= 4 is 17.7 Å². The van der Waals surface area contributed by atoms with Crippen LogP contribution in [-0.2, 0) is 22.5 Å². The maximum Gasteiger partial charge on any atom is 0.325 e. The largest absolute Gasteiger partial charge is 0.497 e. The Bertz CT molecular complexity index is 954. The van der Waals surface area contributed by atoms with Crippen LogP contribution in [0.1, 0.15) is 50.6 Å². The second-order valence-corrected chi connectivity index (χ2v) is 7.09. The SMILES string of the molecule is COC(=O)CN(Cc1cc(OC)cc(OC)c1)C(=O)c1oc2c(c1C)C(=O)CCC2. The van der Waals surface area contributed by atoms with Crippen LogP contribution in [0.2, 0.25) is 0 Å². The summed E-state index contributed by atoms with van der Waals surface area (Å²) in [5.41, 5.74) is 1.71. The zero-order chi connectivity index (χ0) is 21.8. The van der Waals surface area contributed by atoms with E-state index in [2.05, 4.69) is 0 Å². The summed E-state index contributed by atoms with van der Waals surface area (Å²) in [7, 11) is 4.32. The van der Waals surface area contributed by atoms with Crippen molar-refractivity contribution in [2.24, 2.45) is 0 Å². The van der Waals surface area contributed by atoms with Gasteiger partial charge in [-0.2, -0.15) is 0 Å². The number of Topliss-reactive ketones (excluding diaryl/α,β-unsaturated/α-hetero) is 1. The molecule has 1 amide bonds.